The SMILES string of the molecule is N/C(=C\N(N)c1ccc(Cl)c(C(F)F)c1)COc1nccc(C2CC2)n1. The van der Waals surface area contributed by atoms with E-state index in [4.69, 9.17) is 27.9 Å². The molecule has 1 aliphatic rings. The molecule has 9 heteroatoms. The van der Waals surface area contributed by atoms with Crippen LogP contribution in [0, 0.1) is 0 Å². The zero-order valence-electron chi connectivity index (χ0n) is 13.8. The molecular formula is C17H18ClF2N5O. The van der Waals surface area contributed by atoms with Crippen molar-refractivity contribution in [3.05, 3.63) is 58.6 Å². The Hall–Kier alpha value is -2.45. The summed E-state index contributed by atoms with van der Waals surface area (Å²) in [4.78, 5) is 8.37. The number of halogens is 3. The maximum Gasteiger partial charge on any atom is 0.316 e. The molecule has 1 aromatic carbocycles. The summed E-state index contributed by atoms with van der Waals surface area (Å²) in [5.41, 5.74) is 7.14. The van der Waals surface area contributed by atoms with Crippen LogP contribution >= 0.6 is 11.6 Å². The smallest absolute Gasteiger partial charge is 0.316 e. The Bertz CT molecular complexity index is 813. The second-order valence-electron chi connectivity index (χ2n) is 5.94. The van der Waals surface area contributed by atoms with Gasteiger partial charge in [0.25, 0.3) is 6.43 Å². The van der Waals surface area contributed by atoms with E-state index in [2.05, 4.69) is 9.97 Å². The number of nitrogens with two attached hydrogens (primary N) is 2. The van der Waals surface area contributed by atoms with E-state index < -0.39 is 6.43 Å². The number of ether oxygens (including phenoxy) is 1. The topological polar surface area (TPSA) is 90.3 Å². The Morgan fingerprint density at radius 2 is 2.15 bits per heavy atom. The maximum atomic E-state index is 12.9. The molecule has 1 saturated carbocycles. The second kappa shape index (κ2) is 7.84. The number of alkyl halides is 2. The lowest BCUT2D eigenvalue weighted by Crippen LogP contribution is -2.27. The van der Waals surface area contributed by atoms with Crippen LogP contribution in [-0.4, -0.2) is 16.6 Å². The van der Waals surface area contributed by atoms with Crippen molar-refractivity contribution < 1.29 is 13.5 Å². The van der Waals surface area contributed by atoms with Crippen LogP contribution in [0.15, 0.2) is 42.4 Å². The van der Waals surface area contributed by atoms with Crippen LogP contribution in [0.5, 0.6) is 6.01 Å². The molecule has 138 valence electrons. The monoisotopic (exact) mass is 381 g/mol. The summed E-state index contributed by atoms with van der Waals surface area (Å²) in [5, 5.41) is 1.10. The highest BCUT2D eigenvalue weighted by molar-refractivity contribution is 6.31. The van der Waals surface area contributed by atoms with Gasteiger partial charge in [-0.15, -0.1) is 0 Å². The zero-order chi connectivity index (χ0) is 18.7. The van der Waals surface area contributed by atoms with Crippen molar-refractivity contribution in [2.75, 3.05) is 11.6 Å². The molecule has 1 aromatic heterocycles. The average Bonchev–Trinajstić information content (AvgIpc) is 3.45. The van der Waals surface area contributed by atoms with Gasteiger partial charge in [0.2, 0.25) is 0 Å². The van der Waals surface area contributed by atoms with Crippen molar-refractivity contribution in [2.24, 2.45) is 11.6 Å². The molecule has 1 heterocycles. The Balaban J connectivity index is 1.63. The second-order valence-corrected chi connectivity index (χ2v) is 6.35. The van der Waals surface area contributed by atoms with Gasteiger partial charge in [0.1, 0.15) is 6.61 Å². The van der Waals surface area contributed by atoms with Crippen LogP contribution in [0.3, 0.4) is 0 Å². The van der Waals surface area contributed by atoms with Crippen LogP contribution < -0.4 is 21.3 Å². The fourth-order valence-corrected chi connectivity index (χ4v) is 2.53. The third-order valence-corrected chi connectivity index (χ3v) is 4.18. The molecule has 0 radical (unpaired) electrons. The minimum Gasteiger partial charge on any atom is -0.457 e. The van der Waals surface area contributed by atoms with E-state index in [9.17, 15) is 8.78 Å². The lowest BCUT2D eigenvalue weighted by molar-refractivity contribution is 0.151. The van der Waals surface area contributed by atoms with Gasteiger partial charge in [-0.1, -0.05) is 11.6 Å². The van der Waals surface area contributed by atoms with Crippen LogP contribution in [0.2, 0.25) is 5.02 Å². The number of anilines is 1. The van der Waals surface area contributed by atoms with Crippen molar-refractivity contribution in [2.45, 2.75) is 25.2 Å². The van der Waals surface area contributed by atoms with Crippen LogP contribution in [0.4, 0.5) is 14.5 Å². The van der Waals surface area contributed by atoms with Gasteiger partial charge in [0, 0.05) is 28.9 Å². The summed E-state index contributed by atoms with van der Waals surface area (Å²) < 4.78 is 31.3. The molecule has 26 heavy (non-hydrogen) atoms. The van der Waals surface area contributed by atoms with Gasteiger partial charge in [-0.3, -0.25) is 5.01 Å². The van der Waals surface area contributed by atoms with E-state index in [1.807, 2.05) is 6.07 Å². The third kappa shape index (κ3) is 4.59. The predicted molar refractivity (Wildman–Crippen MR) is 94.8 cm³/mol. The van der Waals surface area contributed by atoms with Crippen LogP contribution in [-0.2, 0) is 0 Å². The van der Waals surface area contributed by atoms with Gasteiger partial charge in [0.15, 0.2) is 0 Å². The first kappa shape index (κ1) is 18.3. The molecule has 0 bridgehead atoms. The Morgan fingerprint density at radius 1 is 1.38 bits per heavy atom. The Kier molecular flexibility index (Phi) is 5.53. The normalized spacial score (nSPS) is 14.6. The summed E-state index contributed by atoms with van der Waals surface area (Å²) in [7, 11) is 0. The van der Waals surface area contributed by atoms with E-state index in [0.717, 1.165) is 23.5 Å². The van der Waals surface area contributed by atoms with Crippen LogP contribution in [0.1, 0.15) is 36.4 Å². The molecule has 3 rings (SSSR count). The Labute approximate surface area is 154 Å². The molecule has 6 nitrogen and oxygen atoms in total. The number of hydrogen-bond acceptors (Lipinski definition) is 6. The van der Waals surface area contributed by atoms with Crippen molar-refractivity contribution in [3.8, 4) is 6.01 Å². The van der Waals surface area contributed by atoms with Crippen molar-refractivity contribution in [1.82, 2.24) is 9.97 Å². The molecule has 2 aromatic rings. The lowest BCUT2D eigenvalue weighted by atomic mass is 10.2. The lowest BCUT2D eigenvalue weighted by Gasteiger charge is -2.17. The highest BCUT2D eigenvalue weighted by Gasteiger charge is 2.25. The minimum absolute atomic E-state index is 0.0110. The van der Waals surface area contributed by atoms with E-state index in [0.29, 0.717) is 11.6 Å². The molecule has 4 N–H and O–H groups in total. The summed E-state index contributed by atoms with van der Waals surface area (Å²) in [6.45, 7) is 0.0110. The highest BCUT2D eigenvalue weighted by atomic mass is 35.5. The highest BCUT2D eigenvalue weighted by Crippen LogP contribution is 2.39. The number of nitrogens with zero attached hydrogens (tertiary/aromatic N) is 3. The number of rotatable bonds is 7. The fourth-order valence-electron chi connectivity index (χ4n) is 2.33. The van der Waals surface area contributed by atoms with E-state index in [1.54, 1.807) is 6.20 Å². The van der Waals surface area contributed by atoms with Gasteiger partial charge < -0.3 is 10.5 Å². The predicted octanol–water partition coefficient (Wildman–Crippen LogP) is 3.50. The number of aromatic nitrogens is 2. The first-order chi connectivity index (χ1) is 12.4. The Morgan fingerprint density at radius 3 is 2.85 bits per heavy atom. The number of hydrogen-bond donors (Lipinski definition) is 2. The molecule has 0 saturated heterocycles. The van der Waals surface area contributed by atoms with E-state index >= 15 is 0 Å². The summed E-state index contributed by atoms with van der Waals surface area (Å²) in [6.07, 6.45) is 2.58. The standard InChI is InChI=1S/C17H18ClF2N5O/c18-14-4-3-12(7-13(14)16(19)20)25(22)8-11(21)9-26-17-23-6-5-15(24-17)10-1-2-10/h3-8,10,16H,1-2,9,21-22H2/b11-8-. The summed E-state index contributed by atoms with van der Waals surface area (Å²) >= 11 is 5.75. The summed E-state index contributed by atoms with van der Waals surface area (Å²) in [6, 6.07) is 6.18. The number of benzene rings is 1. The fraction of sp³-hybridized carbons (Fsp3) is 0.294. The maximum absolute atomic E-state index is 12.9. The van der Waals surface area contributed by atoms with Gasteiger partial charge in [-0.05, 0) is 37.1 Å². The first-order valence-corrected chi connectivity index (χ1v) is 8.35. The van der Waals surface area contributed by atoms with Gasteiger partial charge in [-0.2, -0.15) is 4.98 Å². The molecule has 0 unspecified atom stereocenters. The molecule has 0 atom stereocenters. The van der Waals surface area contributed by atoms with Gasteiger partial charge >= 0.3 is 6.01 Å². The molecule has 1 fully saturated rings. The van der Waals surface area contributed by atoms with Crippen molar-refractivity contribution >= 4 is 17.3 Å². The first-order valence-electron chi connectivity index (χ1n) is 7.97. The zero-order valence-corrected chi connectivity index (χ0v) is 14.5. The number of hydrazine groups is 1. The molecule has 1 aliphatic carbocycles. The quantitative estimate of drug-likeness (QED) is 0.563. The van der Waals surface area contributed by atoms with Crippen LogP contribution in [0.25, 0.3) is 0 Å². The molecular weight excluding hydrogens is 364 g/mol. The minimum atomic E-state index is -2.70. The van der Waals surface area contributed by atoms with Gasteiger partial charge in [-0.25, -0.2) is 19.6 Å². The largest absolute Gasteiger partial charge is 0.457 e. The van der Waals surface area contributed by atoms with Gasteiger partial charge in [0.05, 0.1) is 17.1 Å². The van der Waals surface area contributed by atoms with Crippen molar-refractivity contribution in [1.29, 1.82) is 0 Å². The molecule has 0 aliphatic heterocycles. The van der Waals surface area contributed by atoms with E-state index in [1.165, 1.54) is 24.4 Å². The molecule has 0 amide bonds. The third-order valence-electron chi connectivity index (χ3n) is 3.84. The van der Waals surface area contributed by atoms with E-state index in [-0.39, 0.29) is 28.9 Å². The summed E-state index contributed by atoms with van der Waals surface area (Å²) in [5.74, 6) is 6.35. The average molecular weight is 382 g/mol. The molecule has 0 spiro atoms. The van der Waals surface area contributed by atoms with Crippen molar-refractivity contribution in [3.63, 3.8) is 0 Å².